The lowest BCUT2D eigenvalue weighted by atomic mass is 9.96. The molecule has 2 unspecified atom stereocenters. The van der Waals surface area contributed by atoms with E-state index in [-0.39, 0.29) is 42.9 Å². The highest BCUT2D eigenvalue weighted by Gasteiger charge is 2.38. The molecule has 1 aliphatic heterocycles. The van der Waals surface area contributed by atoms with Crippen LogP contribution in [0, 0.1) is 0 Å². The lowest BCUT2D eigenvalue weighted by Gasteiger charge is -2.41. The molecule has 1 saturated heterocycles. The van der Waals surface area contributed by atoms with Crippen molar-refractivity contribution in [2.75, 3.05) is 30.4 Å². The van der Waals surface area contributed by atoms with E-state index in [4.69, 9.17) is 4.74 Å². The van der Waals surface area contributed by atoms with Gasteiger partial charge in [-0.05, 0) is 30.0 Å². The zero-order chi connectivity index (χ0) is 25.7. The third-order valence-corrected chi connectivity index (χ3v) is 5.81. The molecular weight excluding hydrogens is 465 g/mol. The molecule has 1 aromatic heterocycles. The predicted octanol–water partition coefficient (Wildman–Crippen LogP) is 4.81. The number of likely N-dealkylation sites (tertiary alicyclic amines) is 1. The molecule has 2 atom stereocenters. The number of nitrogens with zero attached hydrogens (tertiary/aromatic N) is 3. The third-order valence-electron chi connectivity index (χ3n) is 5.81. The molecule has 0 radical (unpaired) electrons. The Morgan fingerprint density at radius 3 is 2.51 bits per heavy atom. The SMILES string of the molecule is COc1ccc(NC(=O)N(c2ccccc2C(C)C)C2CCN(C(C)=O)CC2F)c(OC(F)F)n1. The van der Waals surface area contributed by atoms with Gasteiger partial charge in [-0.25, -0.2) is 9.18 Å². The number of ether oxygens (including phenoxy) is 2. The topological polar surface area (TPSA) is 84.0 Å². The number of carbonyl (C=O) groups excluding carboxylic acids is 2. The summed E-state index contributed by atoms with van der Waals surface area (Å²) >= 11 is 0. The summed E-state index contributed by atoms with van der Waals surface area (Å²) in [7, 11) is 1.31. The molecule has 8 nitrogen and oxygen atoms in total. The minimum absolute atomic E-state index is 0.0113. The zero-order valence-corrected chi connectivity index (χ0v) is 20.0. The Kier molecular flexibility index (Phi) is 8.42. The number of para-hydroxylation sites is 1. The van der Waals surface area contributed by atoms with Crippen molar-refractivity contribution in [3.8, 4) is 11.8 Å². The number of rotatable bonds is 7. The number of carbonyl (C=O) groups is 2. The Hall–Kier alpha value is -3.50. The molecule has 0 saturated carbocycles. The van der Waals surface area contributed by atoms with Crippen LogP contribution in [-0.2, 0) is 4.79 Å². The number of halogens is 3. The normalized spacial score (nSPS) is 17.9. The first kappa shape index (κ1) is 26.1. The maximum Gasteiger partial charge on any atom is 0.388 e. The second-order valence-corrected chi connectivity index (χ2v) is 8.44. The Balaban J connectivity index is 2.01. The number of alkyl halides is 3. The number of anilines is 2. The molecule has 0 aliphatic carbocycles. The van der Waals surface area contributed by atoms with Crippen molar-refractivity contribution in [2.24, 2.45) is 0 Å². The quantitative estimate of drug-likeness (QED) is 0.597. The molecule has 0 spiro atoms. The maximum absolute atomic E-state index is 15.4. The minimum Gasteiger partial charge on any atom is -0.481 e. The molecule has 1 N–H and O–H groups in total. The van der Waals surface area contributed by atoms with E-state index < -0.39 is 30.7 Å². The Labute approximate surface area is 202 Å². The average Bonchev–Trinajstić information content (AvgIpc) is 2.81. The molecule has 3 rings (SSSR count). The minimum atomic E-state index is -3.19. The summed E-state index contributed by atoms with van der Waals surface area (Å²) in [5.74, 6) is -0.755. The summed E-state index contributed by atoms with van der Waals surface area (Å²) in [5, 5.41) is 2.55. The van der Waals surface area contributed by atoms with Crippen LogP contribution in [0.25, 0.3) is 0 Å². The molecule has 1 fully saturated rings. The van der Waals surface area contributed by atoms with Crippen LogP contribution in [0.3, 0.4) is 0 Å². The van der Waals surface area contributed by atoms with Gasteiger partial charge < -0.3 is 19.7 Å². The van der Waals surface area contributed by atoms with Crippen LogP contribution in [0.2, 0.25) is 0 Å². The fourth-order valence-corrected chi connectivity index (χ4v) is 4.09. The van der Waals surface area contributed by atoms with Crippen LogP contribution in [0.1, 0.15) is 38.7 Å². The number of nitrogens with one attached hydrogen (secondary N) is 1. The number of benzene rings is 1. The number of urea groups is 1. The van der Waals surface area contributed by atoms with E-state index >= 15 is 4.39 Å². The van der Waals surface area contributed by atoms with Crippen molar-refractivity contribution in [1.29, 1.82) is 0 Å². The van der Waals surface area contributed by atoms with Crippen LogP contribution in [0.5, 0.6) is 11.8 Å². The smallest absolute Gasteiger partial charge is 0.388 e. The van der Waals surface area contributed by atoms with Crippen molar-refractivity contribution in [3.05, 3.63) is 42.0 Å². The largest absolute Gasteiger partial charge is 0.481 e. The van der Waals surface area contributed by atoms with Gasteiger partial charge in [0.05, 0.1) is 19.7 Å². The van der Waals surface area contributed by atoms with E-state index in [1.807, 2.05) is 26.0 Å². The highest BCUT2D eigenvalue weighted by molar-refractivity contribution is 6.03. The fourth-order valence-electron chi connectivity index (χ4n) is 4.09. The molecule has 35 heavy (non-hydrogen) atoms. The van der Waals surface area contributed by atoms with E-state index in [2.05, 4.69) is 15.0 Å². The van der Waals surface area contributed by atoms with Crippen molar-refractivity contribution >= 4 is 23.3 Å². The number of amides is 3. The molecule has 1 aliphatic rings. The maximum atomic E-state index is 15.4. The van der Waals surface area contributed by atoms with E-state index in [1.165, 1.54) is 36.0 Å². The molecule has 2 aromatic rings. The number of methoxy groups -OCH3 is 1. The monoisotopic (exact) mass is 494 g/mol. The lowest BCUT2D eigenvalue weighted by molar-refractivity contribution is -0.131. The van der Waals surface area contributed by atoms with Gasteiger partial charge in [0.2, 0.25) is 17.7 Å². The van der Waals surface area contributed by atoms with Gasteiger partial charge in [-0.1, -0.05) is 32.0 Å². The van der Waals surface area contributed by atoms with Gasteiger partial charge >= 0.3 is 12.6 Å². The van der Waals surface area contributed by atoms with Crippen LogP contribution < -0.4 is 19.7 Å². The first-order valence-electron chi connectivity index (χ1n) is 11.2. The number of piperidine rings is 1. The van der Waals surface area contributed by atoms with Crippen molar-refractivity contribution in [1.82, 2.24) is 9.88 Å². The first-order chi connectivity index (χ1) is 16.6. The van der Waals surface area contributed by atoms with Gasteiger partial charge in [-0.15, -0.1) is 0 Å². The second kappa shape index (κ2) is 11.3. The predicted molar refractivity (Wildman–Crippen MR) is 125 cm³/mol. The molecule has 3 amide bonds. The van der Waals surface area contributed by atoms with Crippen LogP contribution >= 0.6 is 0 Å². The Bertz CT molecular complexity index is 1050. The molecule has 11 heteroatoms. The number of pyridine rings is 1. The summed E-state index contributed by atoms with van der Waals surface area (Å²) in [4.78, 5) is 31.9. The lowest BCUT2D eigenvalue weighted by Crippen LogP contribution is -2.56. The van der Waals surface area contributed by atoms with Crippen LogP contribution in [0.15, 0.2) is 36.4 Å². The van der Waals surface area contributed by atoms with Crippen molar-refractivity contribution < 1.29 is 32.2 Å². The highest BCUT2D eigenvalue weighted by atomic mass is 19.3. The van der Waals surface area contributed by atoms with E-state index in [1.54, 1.807) is 12.1 Å². The summed E-state index contributed by atoms with van der Waals surface area (Å²) in [6.07, 6.45) is -1.33. The molecule has 2 heterocycles. The third kappa shape index (κ3) is 6.14. The van der Waals surface area contributed by atoms with Gasteiger partial charge in [0.25, 0.3) is 0 Å². The van der Waals surface area contributed by atoms with Gasteiger partial charge in [0.15, 0.2) is 0 Å². The van der Waals surface area contributed by atoms with Crippen LogP contribution in [-0.4, -0.2) is 60.8 Å². The van der Waals surface area contributed by atoms with Gasteiger partial charge in [-0.2, -0.15) is 13.8 Å². The average molecular weight is 495 g/mol. The number of hydrogen-bond acceptors (Lipinski definition) is 5. The molecular formula is C24H29F3N4O4. The first-order valence-corrected chi connectivity index (χ1v) is 11.2. The highest BCUT2D eigenvalue weighted by Crippen LogP contribution is 2.34. The van der Waals surface area contributed by atoms with E-state index in [0.717, 1.165) is 5.56 Å². The molecule has 1 aromatic carbocycles. The van der Waals surface area contributed by atoms with Crippen molar-refractivity contribution in [3.63, 3.8) is 0 Å². The molecule has 0 bridgehead atoms. The van der Waals surface area contributed by atoms with E-state index in [9.17, 15) is 18.4 Å². The summed E-state index contributed by atoms with van der Waals surface area (Å²) in [6.45, 7) is 2.20. The van der Waals surface area contributed by atoms with Gasteiger partial charge in [-0.3, -0.25) is 9.69 Å². The number of aromatic nitrogens is 1. The standard InChI is InChI=1S/C24H29F3N4O4/c1-14(2)16-7-5-6-8-19(16)31(20-11-12-30(15(3)32)13-17(20)25)24(33)28-18-9-10-21(34-4)29-22(18)35-23(26)27/h5-10,14,17,20,23H,11-13H2,1-4H3,(H,28,33). The Morgan fingerprint density at radius 1 is 1.20 bits per heavy atom. The Morgan fingerprint density at radius 2 is 1.91 bits per heavy atom. The second-order valence-electron chi connectivity index (χ2n) is 8.44. The van der Waals surface area contributed by atoms with Crippen LogP contribution in [0.4, 0.5) is 29.3 Å². The zero-order valence-electron chi connectivity index (χ0n) is 20.0. The summed E-state index contributed by atoms with van der Waals surface area (Å²) in [5.41, 5.74) is 1.17. The molecule has 190 valence electrons. The summed E-state index contributed by atoms with van der Waals surface area (Å²) < 4.78 is 50.8. The number of hydrogen-bond donors (Lipinski definition) is 1. The van der Waals surface area contributed by atoms with Gasteiger partial charge in [0, 0.05) is 25.2 Å². The fraction of sp³-hybridized carbons (Fsp3) is 0.458. The van der Waals surface area contributed by atoms with E-state index in [0.29, 0.717) is 5.69 Å². The van der Waals surface area contributed by atoms with Gasteiger partial charge in [0.1, 0.15) is 11.9 Å². The summed E-state index contributed by atoms with van der Waals surface area (Å²) in [6, 6.07) is 8.18. The van der Waals surface area contributed by atoms with Crippen molar-refractivity contribution in [2.45, 2.75) is 51.9 Å².